The molecule has 0 bridgehead atoms. The van der Waals surface area contributed by atoms with Gasteiger partial charge >= 0.3 is 0 Å². The van der Waals surface area contributed by atoms with Crippen LogP contribution in [-0.4, -0.2) is 30.6 Å². The monoisotopic (exact) mass is 446 g/mol. The highest BCUT2D eigenvalue weighted by molar-refractivity contribution is 15.0. The molecule has 0 N–H and O–H groups in total. The Morgan fingerprint density at radius 2 is 1.38 bits per heavy atom. The number of nitrogens with zero attached hydrogens (tertiary/aromatic N) is 3. The molecule has 1 aliphatic rings. The Morgan fingerprint density at radius 3 is 1.56 bits per heavy atom. The van der Waals surface area contributed by atoms with Gasteiger partial charge in [0.2, 0.25) is 0 Å². The fourth-order valence-corrected chi connectivity index (χ4v) is 1.16. The Bertz CT molecular complexity index is 281. The predicted molar refractivity (Wildman–Crippen MR) is 85.2 cm³/mol. The number of hydrogen-bond acceptors (Lipinski definition) is 2. The maximum atomic E-state index is 2.12. The third-order valence-electron chi connectivity index (χ3n) is 1.89. The molecule has 5 heteroatoms. The number of halogens is 2. The summed E-state index contributed by atoms with van der Waals surface area (Å²) in [7, 11) is 6.11. The molecular weight excluding hydrogens is 428 g/mol. The molecular formula is C11H18I2N3+. The molecule has 0 aliphatic carbocycles. The van der Waals surface area contributed by atoms with Gasteiger partial charge in [-0.3, -0.25) is 0 Å². The van der Waals surface area contributed by atoms with E-state index in [1.54, 1.807) is 0 Å². The predicted octanol–water partition coefficient (Wildman–Crippen LogP) is 2.57. The number of aromatic nitrogens is 1. The Kier molecular flexibility index (Phi) is 10.1. The molecule has 16 heavy (non-hydrogen) atoms. The van der Waals surface area contributed by atoms with Gasteiger partial charge in [-0.2, -0.15) is 0 Å². The van der Waals surface area contributed by atoms with Crippen LogP contribution in [0.3, 0.4) is 0 Å². The van der Waals surface area contributed by atoms with E-state index in [1.165, 1.54) is 0 Å². The average molecular weight is 446 g/mol. The first-order valence-corrected chi connectivity index (χ1v) is 11.1. The van der Waals surface area contributed by atoms with Crippen molar-refractivity contribution in [2.24, 2.45) is 7.05 Å². The lowest BCUT2D eigenvalue weighted by Gasteiger charge is -2.10. The molecule has 90 valence electrons. The van der Waals surface area contributed by atoms with E-state index in [-0.39, 0.29) is 0 Å². The van der Waals surface area contributed by atoms with E-state index in [1.807, 2.05) is 42.2 Å². The van der Waals surface area contributed by atoms with E-state index in [0.717, 1.165) is 6.67 Å². The molecule has 2 rings (SSSR count). The van der Waals surface area contributed by atoms with Crippen molar-refractivity contribution in [3.63, 3.8) is 0 Å². The Balaban J connectivity index is 0.000000244. The third kappa shape index (κ3) is 8.14. The number of rotatable bonds is 0. The minimum absolute atomic E-state index is 1.03. The van der Waals surface area contributed by atoms with Crippen LogP contribution in [0.5, 0.6) is 0 Å². The summed E-state index contributed by atoms with van der Waals surface area (Å²) in [5, 5.41) is 0. The zero-order valence-corrected chi connectivity index (χ0v) is 14.2. The summed E-state index contributed by atoms with van der Waals surface area (Å²) in [5.41, 5.74) is 0. The van der Waals surface area contributed by atoms with Crippen LogP contribution < -0.4 is 4.57 Å². The molecule has 0 radical (unpaired) electrons. The molecule has 0 saturated carbocycles. The van der Waals surface area contributed by atoms with E-state index in [0.29, 0.717) is 0 Å². The summed E-state index contributed by atoms with van der Waals surface area (Å²) in [6, 6.07) is 6.00. The topological polar surface area (TPSA) is 10.4 Å². The van der Waals surface area contributed by atoms with E-state index >= 15 is 0 Å². The van der Waals surface area contributed by atoms with Crippen molar-refractivity contribution in [1.82, 2.24) is 9.80 Å². The number of hydrogen-bond donors (Lipinski definition) is 0. The lowest BCUT2D eigenvalue weighted by molar-refractivity contribution is -0.671. The second-order valence-corrected chi connectivity index (χ2v) is 3.49. The van der Waals surface area contributed by atoms with Gasteiger partial charge in [-0.1, -0.05) is 6.07 Å². The highest BCUT2D eigenvalue weighted by Crippen LogP contribution is 1.97. The van der Waals surface area contributed by atoms with Crippen LogP contribution in [0.1, 0.15) is 0 Å². The Morgan fingerprint density at radius 1 is 0.938 bits per heavy atom. The Hall–Kier alpha value is -0.0500. The van der Waals surface area contributed by atoms with Crippen molar-refractivity contribution < 1.29 is 4.57 Å². The molecule has 3 nitrogen and oxygen atoms in total. The van der Waals surface area contributed by atoms with Crippen LogP contribution in [-0.2, 0) is 7.05 Å². The van der Waals surface area contributed by atoms with Crippen molar-refractivity contribution in [1.29, 1.82) is 0 Å². The lowest BCUT2D eigenvalue weighted by atomic mass is 10.5. The largest absolute Gasteiger partial charge is 0.362 e. The SMILES string of the molecule is CN1C=CN(C)C1.C[n+]1ccccc1.II. The summed E-state index contributed by atoms with van der Waals surface area (Å²) in [5.74, 6) is 0. The first-order chi connectivity index (χ1) is 7.68. The molecule has 0 fully saturated rings. The highest BCUT2D eigenvalue weighted by Gasteiger charge is 1.99. The summed E-state index contributed by atoms with van der Waals surface area (Å²) < 4.78 is 2.00. The number of aryl methyl sites for hydroxylation is 1. The normalized spacial score (nSPS) is 12.6. The minimum atomic E-state index is 1.03. The zero-order chi connectivity index (χ0) is 12.4. The van der Waals surface area contributed by atoms with Gasteiger partial charge in [-0.25, -0.2) is 4.57 Å². The van der Waals surface area contributed by atoms with Crippen LogP contribution in [0.4, 0.5) is 0 Å². The molecule has 1 aromatic rings. The zero-order valence-electron chi connectivity index (χ0n) is 9.85. The molecule has 0 aromatic carbocycles. The maximum Gasteiger partial charge on any atom is 0.168 e. The van der Waals surface area contributed by atoms with Gasteiger partial charge in [0, 0.05) is 75.9 Å². The van der Waals surface area contributed by atoms with Crippen LogP contribution in [0.2, 0.25) is 0 Å². The standard InChI is InChI=1S/C6H8N.C5H10N2.I2/c1-7-5-3-2-4-6-7;1-6-3-4-7(2)5-6;1-2/h2-6H,1H3;3-4H,5H2,1-2H3;/q+1;;. The fraction of sp³-hybridized carbons (Fsp3) is 0.364. The molecule has 2 heterocycles. The van der Waals surface area contributed by atoms with E-state index in [9.17, 15) is 0 Å². The van der Waals surface area contributed by atoms with Gasteiger partial charge in [0.25, 0.3) is 0 Å². The van der Waals surface area contributed by atoms with Gasteiger partial charge in [-0.05, 0) is 0 Å². The minimum Gasteiger partial charge on any atom is -0.362 e. The van der Waals surface area contributed by atoms with Crippen LogP contribution >= 0.6 is 37.2 Å². The quantitative estimate of drug-likeness (QED) is 0.449. The number of pyridine rings is 1. The van der Waals surface area contributed by atoms with Gasteiger partial charge in [0.1, 0.15) is 7.05 Å². The third-order valence-corrected chi connectivity index (χ3v) is 1.89. The first kappa shape index (κ1) is 16.0. The summed E-state index contributed by atoms with van der Waals surface area (Å²) in [6.45, 7) is 1.03. The lowest BCUT2D eigenvalue weighted by Crippen LogP contribution is -2.25. The van der Waals surface area contributed by atoms with Crippen LogP contribution in [0.25, 0.3) is 0 Å². The van der Waals surface area contributed by atoms with Crippen LogP contribution in [0.15, 0.2) is 43.0 Å². The molecule has 1 aliphatic heterocycles. The summed E-state index contributed by atoms with van der Waals surface area (Å²) in [4.78, 5) is 4.25. The smallest absolute Gasteiger partial charge is 0.168 e. The molecule has 0 amide bonds. The van der Waals surface area contributed by atoms with Gasteiger partial charge in [-0.15, -0.1) is 0 Å². The molecule has 0 unspecified atom stereocenters. The second-order valence-electron chi connectivity index (χ2n) is 3.49. The molecule has 1 aromatic heterocycles. The summed E-state index contributed by atoms with van der Waals surface area (Å²) >= 11 is 4.24. The molecule has 0 atom stereocenters. The van der Waals surface area contributed by atoms with Crippen molar-refractivity contribution in [3.8, 4) is 0 Å². The Labute approximate surface area is 121 Å². The van der Waals surface area contributed by atoms with Crippen molar-refractivity contribution >= 4 is 37.2 Å². The van der Waals surface area contributed by atoms with Crippen LogP contribution in [0, 0.1) is 0 Å². The van der Waals surface area contributed by atoms with Crippen molar-refractivity contribution in [2.75, 3.05) is 20.8 Å². The average Bonchev–Trinajstić information content (AvgIpc) is 2.67. The molecule has 0 saturated heterocycles. The summed E-state index contributed by atoms with van der Waals surface area (Å²) in [6.07, 6.45) is 8.11. The van der Waals surface area contributed by atoms with Crippen molar-refractivity contribution in [2.45, 2.75) is 0 Å². The van der Waals surface area contributed by atoms with E-state index in [2.05, 4.69) is 73.5 Å². The fourth-order valence-electron chi connectivity index (χ4n) is 1.16. The van der Waals surface area contributed by atoms with E-state index < -0.39 is 0 Å². The molecule has 0 spiro atoms. The van der Waals surface area contributed by atoms with Gasteiger partial charge in [0.05, 0.1) is 6.67 Å². The van der Waals surface area contributed by atoms with E-state index in [4.69, 9.17) is 0 Å². The van der Waals surface area contributed by atoms with Crippen molar-refractivity contribution in [3.05, 3.63) is 43.0 Å². The second kappa shape index (κ2) is 10.1. The highest BCUT2D eigenvalue weighted by atomic mass is 128. The maximum absolute atomic E-state index is 2.12. The van der Waals surface area contributed by atoms with Gasteiger partial charge < -0.3 is 9.80 Å². The van der Waals surface area contributed by atoms with Gasteiger partial charge in [0.15, 0.2) is 12.4 Å². The first-order valence-electron chi connectivity index (χ1n) is 4.82.